The van der Waals surface area contributed by atoms with E-state index in [2.05, 4.69) is 67.1 Å². The molecule has 2 aromatic rings. The number of hydrazone groups is 1. The van der Waals surface area contributed by atoms with Gasteiger partial charge in [-0.25, -0.2) is 4.99 Å². The molecule has 28 heavy (non-hydrogen) atoms. The van der Waals surface area contributed by atoms with E-state index in [4.69, 9.17) is 9.73 Å². The van der Waals surface area contributed by atoms with Crippen LogP contribution in [0.2, 0.25) is 0 Å². The molecule has 2 aliphatic heterocycles. The van der Waals surface area contributed by atoms with Crippen LogP contribution in [0.4, 0.5) is 5.69 Å². The molecule has 0 spiro atoms. The molecule has 5 nitrogen and oxygen atoms in total. The second kappa shape index (κ2) is 8.13. The lowest BCUT2D eigenvalue weighted by atomic mass is 10.1. The Bertz CT molecular complexity index is 918. The number of aryl methyl sites for hydroxylation is 3. The molecule has 4 rings (SSSR count). The number of rotatable bonds is 4. The first-order chi connectivity index (χ1) is 13.5. The first-order valence-corrected chi connectivity index (χ1v) is 10.9. The van der Waals surface area contributed by atoms with Crippen molar-refractivity contribution in [1.29, 1.82) is 0 Å². The normalized spacial score (nSPS) is 21.1. The van der Waals surface area contributed by atoms with Gasteiger partial charge in [-0.2, -0.15) is 5.10 Å². The summed E-state index contributed by atoms with van der Waals surface area (Å²) >= 11 is 1.71. The van der Waals surface area contributed by atoms with Crippen molar-refractivity contribution in [1.82, 2.24) is 9.99 Å². The number of hydrogen-bond donors (Lipinski definition) is 1. The van der Waals surface area contributed by atoms with Crippen molar-refractivity contribution in [3.63, 3.8) is 0 Å². The van der Waals surface area contributed by atoms with E-state index in [-0.39, 0.29) is 0 Å². The van der Waals surface area contributed by atoms with Crippen LogP contribution >= 0.6 is 11.8 Å². The van der Waals surface area contributed by atoms with Gasteiger partial charge in [0.15, 0.2) is 5.17 Å². The third-order valence-electron chi connectivity index (χ3n) is 5.58. The number of aliphatic imine (C=N–C) groups is 1. The van der Waals surface area contributed by atoms with Crippen LogP contribution in [-0.4, -0.2) is 33.9 Å². The Balaban J connectivity index is 1.53. The molecule has 2 aliphatic rings. The number of aromatic nitrogens is 1. The SMILES string of the molecule is Cc1cccc(C)c1N=C1NN=C(c2cc(C)n(CC3CCCO3)c2C)CS1. The molecule has 6 heteroatoms. The summed E-state index contributed by atoms with van der Waals surface area (Å²) in [6.07, 6.45) is 2.67. The highest BCUT2D eigenvalue weighted by Gasteiger charge is 2.22. The lowest BCUT2D eigenvalue weighted by Gasteiger charge is -2.17. The molecule has 1 aromatic carbocycles. The van der Waals surface area contributed by atoms with Gasteiger partial charge in [-0.15, -0.1) is 0 Å². The van der Waals surface area contributed by atoms with Crippen LogP contribution in [-0.2, 0) is 11.3 Å². The fraction of sp³-hybridized carbons (Fsp3) is 0.455. The number of benzene rings is 1. The molecule has 0 amide bonds. The number of nitrogens with zero attached hydrogens (tertiary/aromatic N) is 3. The maximum atomic E-state index is 5.83. The number of amidine groups is 1. The van der Waals surface area contributed by atoms with Crippen LogP contribution in [0.25, 0.3) is 0 Å². The van der Waals surface area contributed by atoms with Crippen LogP contribution in [0.3, 0.4) is 0 Å². The second-order valence-electron chi connectivity index (χ2n) is 7.65. The van der Waals surface area contributed by atoms with Gasteiger partial charge >= 0.3 is 0 Å². The standard InChI is InChI=1S/C22H28N4OS/c1-14-7-5-8-15(2)21(14)23-22-25-24-20(13-28-22)19-11-16(3)26(17(19)4)12-18-9-6-10-27-18/h5,7-8,11,18H,6,9-10,12-13H2,1-4H3,(H,23,25). The zero-order chi connectivity index (χ0) is 19.7. The highest BCUT2D eigenvalue weighted by molar-refractivity contribution is 8.14. The van der Waals surface area contributed by atoms with Gasteiger partial charge in [0.25, 0.3) is 0 Å². The van der Waals surface area contributed by atoms with Gasteiger partial charge in [0.05, 0.1) is 17.5 Å². The van der Waals surface area contributed by atoms with Crippen molar-refractivity contribution in [2.75, 3.05) is 12.4 Å². The summed E-state index contributed by atoms with van der Waals surface area (Å²) in [4.78, 5) is 4.80. The summed E-state index contributed by atoms with van der Waals surface area (Å²) in [6, 6.07) is 8.51. The van der Waals surface area contributed by atoms with E-state index in [9.17, 15) is 0 Å². The van der Waals surface area contributed by atoms with Crippen molar-refractivity contribution in [3.05, 3.63) is 52.3 Å². The van der Waals surface area contributed by atoms with Gasteiger partial charge in [-0.1, -0.05) is 30.0 Å². The van der Waals surface area contributed by atoms with Gasteiger partial charge in [-0.3, -0.25) is 5.43 Å². The van der Waals surface area contributed by atoms with Crippen molar-refractivity contribution < 1.29 is 4.74 Å². The molecule has 1 saturated heterocycles. The highest BCUT2D eigenvalue weighted by Crippen LogP contribution is 2.27. The molecule has 1 atom stereocenters. The molecule has 1 fully saturated rings. The summed E-state index contributed by atoms with van der Waals surface area (Å²) in [6.45, 7) is 10.4. The minimum absolute atomic E-state index is 0.342. The third kappa shape index (κ3) is 3.89. The number of thioether (sulfide) groups is 1. The highest BCUT2D eigenvalue weighted by atomic mass is 32.2. The maximum absolute atomic E-state index is 5.83. The summed E-state index contributed by atoms with van der Waals surface area (Å²) in [5, 5.41) is 5.51. The zero-order valence-corrected chi connectivity index (χ0v) is 17.9. The average Bonchev–Trinajstić information content (AvgIpc) is 3.29. The van der Waals surface area contributed by atoms with E-state index in [1.165, 1.54) is 34.5 Å². The predicted octanol–water partition coefficient (Wildman–Crippen LogP) is 4.63. The second-order valence-corrected chi connectivity index (χ2v) is 8.61. The predicted molar refractivity (Wildman–Crippen MR) is 118 cm³/mol. The van der Waals surface area contributed by atoms with Crippen molar-refractivity contribution >= 4 is 28.3 Å². The molecule has 1 N–H and O–H groups in total. The summed E-state index contributed by atoms with van der Waals surface area (Å²) in [5.74, 6) is 0.820. The lowest BCUT2D eigenvalue weighted by Crippen LogP contribution is -2.25. The molecule has 0 bridgehead atoms. The molecule has 1 aromatic heterocycles. The number of para-hydroxylation sites is 1. The zero-order valence-electron chi connectivity index (χ0n) is 17.1. The van der Waals surface area contributed by atoms with Crippen molar-refractivity contribution in [2.45, 2.75) is 53.2 Å². The Hall–Kier alpha value is -2.05. The van der Waals surface area contributed by atoms with Crippen LogP contribution in [0.5, 0.6) is 0 Å². The van der Waals surface area contributed by atoms with E-state index in [0.29, 0.717) is 6.10 Å². The van der Waals surface area contributed by atoms with Crippen molar-refractivity contribution in [3.8, 4) is 0 Å². The fourth-order valence-corrected chi connectivity index (χ4v) is 4.72. The molecule has 1 unspecified atom stereocenters. The molecular weight excluding hydrogens is 368 g/mol. The topological polar surface area (TPSA) is 50.9 Å². The average molecular weight is 397 g/mol. The van der Waals surface area contributed by atoms with E-state index < -0.39 is 0 Å². The Morgan fingerprint density at radius 1 is 1.25 bits per heavy atom. The van der Waals surface area contributed by atoms with Gasteiger partial charge < -0.3 is 9.30 Å². The summed E-state index contributed by atoms with van der Waals surface area (Å²) in [7, 11) is 0. The summed E-state index contributed by atoms with van der Waals surface area (Å²) < 4.78 is 8.20. The number of hydrogen-bond acceptors (Lipinski definition) is 4. The number of ether oxygens (including phenoxy) is 1. The first-order valence-electron chi connectivity index (χ1n) is 9.92. The monoisotopic (exact) mass is 396 g/mol. The number of nitrogens with one attached hydrogen (secondary N) is 1. The molecular formula is C22H28N4OS. The van der Waals surface area contributed by atoms with Crippen LogP contribution in [0.15, 0.2) is 34.4 Å². The smallest absolute Gasteiger partial charge is 0.182 e. The van der Waals surface area contributed by atoms with E-state index in [0.717, 1.165) is 41.9 Å². The van der Waals surface area contributed by atoms with Gasteiger partial charge in [-0.05, 0) is 57.7 Å². The lowest BCUT2D eigenvalue weighted by molar-refractivity contribution is 0.0962. The van der Waals surface area contributed by atoms with Gasteiger partial charge in [0.1, 0.15) is 0 Å². The van der Waals surface area contributed by atoms with E-state index >= 15 is 0 Å². The van der Waals surface area contributed by atoms with Gasteiger partial charge in [0.2, 0.25) is 0 Å². The van der Waals surface area contributed by atoms with Gasteiger partial charge in [0, 0.05) is 35.9 Å². The molecule has 3 heterocycles. The Kier molecular flexibility index (Phi) is 5.60. The van der Waals surface area contributed by atoms with Crippen molar-refractivity contribution in [2.24, 2.45) is 10.1 Å². The van der Waals surface area contributed by atoms with E-state index in [1.807, 2.05) is 0 Å². The quantitative estimate of drug-likeness (QED) is 0.820. The van der Waals surface area contributed by atoms with Crippen LogP contribution in [0.1, 0.15) is 40.9 Å². The van der Waals surface area contributed by atoms with Crippen LogP contribution in [0, 0.1) is 27.7 Å². The van der Waals surface area contributed by atoms with Crippen LogP contribution < -0.4 is 5.43 Å². The Morgan fingerprint density at radius 2 is 2.04 bits per heavy atom. The molecule has 0 aliphatic carbocycles. The molecule has 0 saturated carbocycles. The maximum Gasteiger partial charge on any atom is 0.182 e. The molecule has 0 radical (unpaired) electrons. The summed E-state index contributed by atoms with van der Waals surface area (Å²) in [5.41, 5.74) is 11.4. The fourth-order valence-electron chi connectivity index (χ4n) is 3.96. The minimum Gasteiger partial charge on any atom is -0.376 e. The minimum atomic E-state index is 0.342. The first kappa shape index (κ1) is 19.3. The third-order valence-corrected chi connectivity index (χ3v) is 6.45. The largest absolute Gasteiger partial charge is 0.376 e. The Labute approximate surface area is 171 Å². The van der Waals surface area contributed by atoms with E-state index in [1.54, 1.807) is 11.8 Å². The Morgan fingerprint density at radius 3 is 2.68 bits per heavy atom. The molecule has 148 valence electrons.